The maximum absolute atomic E-state index is 12.4. The second kappa shape index (κ2) is 7.53. The first-order chi connectivity index (χ1) is 13.2. The summed E-state index contributed by atoms with van der Waals surface area (Å²) in [7, 11) is 0. The number of anilines is 1. The molecule has 2 aliphatic heterocycles. The van der Waals surface area contributed by atoms with Crippen LogP contribution in [0, 0.1) is 0 Å². The highest BCUT2D eigenvalue weighted by Gasteiger charge is 2.17. The van der Waals surface area contributed by atoms with Crippen molar-refractivity contribution in [2.24, 2.45) is 0 Å². The summed E-state index contributed by atoms with van der Waals surface area (Å²) >= 11 is 0. The molecule has 0 bridgehead atoms. The Morgan fingerprint density at radius 3 is 3.00 bits per heavy atom. The Morgan fingerprint density at radius 2 is 2.22 bits per heavy atom. The number of nitrogens with one attached hydrogen (secondary N) is 1. The summed E-state index contributed by atoms with van der Waals surface area (Å²) in [5.74, 6) is 0.600. The zero-order chi connectivity index (χ0) is 18.6. The predicted molar refractivity (Wildman–Crippen MR) is 99.5 cm³/mol. The third-order valence-corrected chi connectivity index (χ3v) is 4.73. The van der Waals surface area contributed by atoms with E-state index in [1.165, 1.54) is 11.9 Å². The van der Waals surface area contributed by atoms with Gasteiger partial charge in [-0.15, -0.1) is 0 Å². The van der Waals surface area contributed by atoms with Gasteiger partial charge in [-0.25, -0.2) is 14.6 Å². The maximum atomic E-state index is 12.4. The predicted octanol–water partition coefficient (Wildman–Crippen LogP) is 1.43. The molecule has 8 nitrogen and oxygen atoms in total. The second-order valence-corrected chi connectivity index (χ2v) is 6.65. The van der Waals surface area contributed by atoms with Crippen molar-refractivity contribution >= 4 is 23.7 Å². The summed E-state index contributed by atoms with van der Waals surface area (Å²) < 4.78 is 1.79. The molecule has 0 atom stereocenters. The van der Waals surface area contributed by atoms with E-state index in [0.29, 0.717) is 31.7 Å². The van der Waals surface area contributed by atoms with E-state index in [9.17, 15) is 9.59 Å². The van der Waals surface area contributed by atoms with Crippen molar-refractivity contribution < 1.29 is 9.59 Å². The van der Waals surface area contributed by atoms with Gasteiger partial charge in [0, 0.05) is 31.8 Å². The molecule has 0 aromatic carbocycles. The van der Waals surface area contributed by atoms with Gasteiger partial charge in [0.05, 0.1) is 6.54 Å². The first-order valence-corrected chi connectivity index (χ1v) is 8.93. The molecule has 2 aromatic rings. The normalized spacial score (nSPS) is 16.8. The highest BCUT2D eigenvalue weighted by Crippen LogP contribution is 2.21. The van der Waals surface area contributed by atoms with Crippen molar-refractivity contribution in [3.63, 3.8) is 0 Å². The van der Waals surface area contributed by atoms with Crippen LogP contribution in [0.2, 0.25) is 0 Å². The Hall–Kier alpha value is -3.29. The van der Waals surface area contributed by atoms with Crippen LogP contribution < -0.4 is 5.32 Å². The lowest BCUT2D eigenvalue weighted by atomic mass is 10.0. The van der Waals surface area contributed by atoms with Crippen LogP contribution >= 0.6 is 0 Å². The Kier molecular flexibility index (Phi) is 4.78. The smallest absolute Gasteiger partial charge is 0.246 e. The number of carbonyl (C=O) groups excluding carboxylic acids is 2. The van der Waals surface area contributed by atoms with Crippen molar-refractivity contribution in [1.82, 2.24) is 24.6 Å². The molecular formula is C19H20N6O2. The molecule has 1 N–H and O–H groups in total. The Morgan fingerprint density at radius 1 is 1.30 bits per heavy atom. The third-order valence-electron chi connectivity index (χ3n) is 4.73. The van der Waals surface area contributed by atoms with Gasteiger partial charge in [-0.05, 0) is 41.7 Å². The van der Waals surface area contributed by atoms with E-state index in [2.05, 4.69) is 26.5 Å². The Bertz CT molecular complexity index is 916. The van der Waals surface area contributed by atoms with Crippen LogP contribution in [0.1, 0.15) is 24.0 Å². The van der Waals surface area contributed by atoms with E-state index in [4.69, 9.17) is 0 Å². The zero-order valence-electron chi connectivity index (χ0n) is 14.8. The summed E-state index contributed by atoms with van der Waals surface area (Å²) in [6, 6.07) is 1.97. The van der Waals surface area contributed by atoms with Crippen LogP contribution in [0.4, 0.5) is 5.82 Å². The van der Waals surface area contributed by atoms with E-state index in [-0.39, 0.29) is 11.8 Å². The average molecular weight is 364 g/mol. The minimum absolute atomic E-state index is 0.00480. The molecule has 2 aliphatic rings. The van der Waals surface area contributed by atoms with Gasteiger partial charge >= 0.3 is 0 Å². The molecular weight excluding hydrogens is 344 g/mol. The van der Waals surface area contributed by atoms with E-state index in [0.717, 1.165) is 24.1 Å². The number of amides is 2. The molecule has 4 heterocycles. The van der Waals surface area contributed by atoms with Crippen molar-refractivity contribution in [3.05, 3.63) is 53.8 Å². The van der Waals surface area contributed by atoms with Gasteiger partial charge in [0.15, 0.2) is 0 Å². The molecule has 0 saturated heterocycles. The molecule has 8 heteroatoms. The number of rotatable bonds is 4. The summed E-state index contributed by atoms with van der Waals surface area (Å²) in [6.45, 7) is 2.01. The molecule has 0 fully saturated rings. The minimum atomic E-state index is -0.0166. The number of pyridine rings is 1. The van der Waals surface area contributed by atoms with E-state index >= 15 is 0 Å². The lowest BCUT2D eigenvalue weighted by Gasteiger charge is -2.25. The number of nitrogens with zero attached hydrogens (tertiary/aromatic N) is 5. The van der Waals surface area contributed by atoms with Crippen LogP contribution in [0.15, 0.2) is 42.6 Å². The molecule has 0 saturated carbocycles. The SMILES string of the molecule is O=C1CCc2cc(/C=C/C(=O)N3CC=C(Cn4cncn4)CC3)cnc2N1. The molecule has 138 valence electrons. The van der Waals surface area contributed by atoms with Gasteiger partial charge in [0.25, 0.3) is 0 Å². The average Bonchev–Trinajstić information content (AvgIpc) is 3.19. The summed E-state index contributed by atoms with van der Waals surface area (Å²) in [5.41, 5.74) is 3.12. The van der Waals surface area contributed by atoms with Gasteiger partial charge in [-0.2, -0.15) is 5.10 Å². The van der Waals surface area contributed by atoms with E-state index in [1.54, 1.807) is 29.4 Å². The lowest BCUT2D eigenvalue weighted by Crippen LogP contribution is -2.34. The van der Waals surface area contributed by atoms with Crippen molar-refractivity contribution in [2.45, 2.75) is 25.8 Å². The fourth-order valence-corrected chi connectivity index (χ4v) is 3.22. The Labute approximate surface area is 156 Å². The zero-order valence-corrected chi connectivity index (χ0v) is 14.8. The summed E-state index contributed by atoms with van der Waals surface area (Å²) in [6.07, 6.45) is 12.3. The van der Waals surface area contributed by atoms with Gasteiger partial charge in [-0.3, -0.25) is 9.59 Å². The van der Waals surface area contributed by atoms with Crippen LogP contribution in [0.3, 0.4) is 0 Å². The monoisotopic (exact) mass is 364 g/mol. The van der Waals surface area contributed by atoms with Crippen LogP contribution in [0.25, 0.3) is 6.08 Å². The number of aryl methyl sites for hydroxylation is 1. The molecule has 2 amide bonds. The highest BCUT2D eigenvalue weighted by molar-refractivity contribution is 5.94. The van der Waals surface area contributed by atoms with Crippen molar-refractivity contribution in [2.75, 3.05) is 18.4 Å². The quantitative estimate of drug-likeness (QED) is 0.654. The molecule has 0 radical (unpaired) electrons. The number of hydrogen-bond acceptors (Lipinski definition) is 5. The molecule has 27 heavy (non-hydrogen) atoms. The molecule has 0 unspecified atom stereocenters. The minimum Gasteiger partial charge on any atom is -0.335 e. The largest absolute Gasteiger partial charge is 0.335 e. The molecule has 0 spiro atoms. The van der Waals surface area contributed by atoms with Crippen molar-refractivity contribution in [1.29, 1.82) is 0 Å². The summed E-state index contributed by atoms with van der Waals surface area (Å²) in [4.78, 5) is 33.8. The van der Waals surface area contributed by atoms with Gasteiger partial charge < -0.3 is 10.2 Å². The first-order valence-electron chi connectivity index (χ1n) is 8.93. The standard InChI is InChI=1S/C19H20N6O2/c26-17-3-2-16-9-15(10-21-19(16)23-17)1-4-18(27)24-7-5-14(6-8-24)11-25-13-20-12-22-25/h1,4-5,9-10,12-13H,2-3,6-8,11H2,(H,21,23,26)/b4-1+. The second-order valence-electron chi connectivity index (χ2n) is 6.65. The molecule has 4 rings (SSSR count). The number of carbonyl (C=O) groups is 2. The number of aromatic nitrogens is 4. The fourth-order valence-electron chi connectivity index (χ4n) is 3.22. The van der Waals surface area contributed by atoms with E-state index < -0.39 is 0 Å². The van der Waals surface area contributed by atoms with Gasteiger partial charge in [-0.1, -0.05) is 6.08 Å². The van der Waals surface area contributed by atoms with Crippen LogP contribution in [-0.2, 0) is 22.6 Å². The fraction of sp³-hybridized carbons (Fsp3) is 0.316. The topological polar surface area (TPSA) is 93.0 Å². The Balaban J connectivity index is 1.35. The molecule has 0 aliphatic carbocycles. The maximum Gasteiger partial charge on any atom is 0.246 e. The number of hydrogen-bond donors (Lipinski definition) is 1. The van der Waals surface area contributed by atoms with Gasteiger partial charge in [0.2, 0.25) is 11.8 Å². The van der Waals surface area contributed by atoms with Crippen LogP contribution in [-0.4, -0.2) is 49.6 Å². The first kappa shape index (κ1) is 17.1. The molecule has 2 aromatic heterocycles. The lowest BCUT2D eigenvalue weighted by molar-refractivity contribution is -0.125. The number of fused-ring (bicyclic) bond motifs is 1. The summed E-state index contributed by atoms with van der Waals surface area (Å²) in [5, 5.41) is 6.86. The van der Waals surface area contributed by atoms with Crippen LogP contribution in [0.5, 0.6) is 0 Å². The highest BCUT2D eigenvalue weighted by atomic mass is 16.2. The van der Waals surface area contributed by atoms with E-state index in [1.807, 2.05) is 11.0 Å². The van der Waals surface area contributed by atoms with Crippen molar-refractivity contribution in [3.8, 4) is 0 Å². The third kappa shape index (κ3) is 4.11. The van der Waals surface area contributed by atoms with Gasteiger partial charge in [0.1, 0.15) is 18.5 Å².